The van der Waals surface area contributed by atoms with Crippen molar-refractivity contribution < 1.29 is 9.53 Å². The zero-order valence-electron chi connectivity index (χ0n) is 9.43. The molecule has 0 bridgehead atoms. The predicted molar refractivity (Wildman–Crippen MR) is 60.3 cm³/mol. The first-order valence-electron chi connectivity index (χ1n) is 5.21. The van der Waals surface area contributed by atoms with Crippen LogP contribution in [-0.4, -0.2) is 36.0 Å². The Labute approximate surface area is 94.2 Å². The van der Waals surface area contributed by atoms with E-state index in [2.05, 4.69) is 4.98 Å². The SMILES string of the molecule is CN(C)C(=O)c1cnc(N)cc1OC1CC1. The molecule has 16 heavy (non-hydrogen) atoms. The molecule has 1 fully saturated rings. The topological polar surface area (TPSA) is 68.5 Å². The van der Waals surface area contributed by atoms with Gasteiger partial charge in [-0.15, -0.1) is 0 Å². The number of nitrogens with zero attached hydrogens (tertiary/aromatic N) is 2. The average molecular weight is 221 g/mol. The number of rotatable bonds is 3. The summed E-state index contributed by atoms with van der Waals surface area (Å²) in [5, 5.41) is 0. The van der Waals surface area contributed by atoms with Crippen LogP contribution in [0.4, 0.5) is 5.82 Å². The molecular formula is C11H15N3O2. The first-order valence-corrected chi connectivity index (χ1v) is 5.21. The number of anilines is 1. The molecule has 2 N–H and O–H groups in total. The number of pyridine rings is 1. The summed E-state index contributed by atoms with van der Waals surface area (Å²) < 4.78 is 5.64. The molecule has 1 aromatic rings. The minimum absolute atomic E-state index is 0.122. The van der Waals surface area contributed by atoms with Gasteiger partial charge in [-0.2, -0.15) is 0 Å². The van der Waals surface area contributed by atoms with E-state index < -0.39 is 0 Å². The molecule has 0 unspecified atom stereocenters. The maximum atomic E-state index is 11.8. The lowest BCUT2D eigenvalue weighted by Gasteiger charge is -2.14. The fourth-order valence-corrected chi connectivity index (χ4v) is 1.32. The number of nitrogens with two attached hydrogens (primary N) is 1. The van der Waals surface area contributed by atoms with Gasteiger partial charge in [-0.1, -0.05) is 0 Å². The number of hydrogen-bond donors (Lipinski definition) is 1. The van der Waals surface area contributed by atoms with E-state index in [1.807, 2.05) is 0 Å². The van der Waals surface area contributed by atoms with Crippen molar-refractivity contribution in [2.45, 2.75) is 18.9 Å². The Balaban J connectivity index is 2.30. The van der Waals surface area contributed by atoms with Crippen LogP contribution in [0.15, 0.2) is 12.3 Å². The van der Waals surface area contributed by atoms with Crippen LogP contribution in [-0.2, 0) is 0 Å². The van der Waals surface area contributed by atoms with Crippen molar-refractivity contribution >= 4 is 11.7 Å². The zero-order valence-corrected chi connectivity index (χ0v) is 9.43. The summed E-state index contributed by atoms with van der Waals surface area (Å²) in [6.07, 6.45) is 3.78. The fraction of sp³-hybridized carbons (Fsp3) is 0.455. The lowest BCUT2D eigenvalue weighted by molar-refractivity contribution is 0.0822. The lowest BCUT2D eigenvalue weighted by Crippen LogP contribution is -2.23. The van der Waals surface area contributed by atoms with Crippen molar-refractivity contribution in [3.63, 3.8) is 0 Å². The summed E-state index contributed by atoms with van der Waals surface area (Å²) >= 11 is 0. The molecule has 86 valence electrons. The Morgan fingerprint density at radius 3 is 2.81 bits per heavy atom. The minimum atomic E-state index is -0.122. The van der Waals surface area contributed by atoms with Crippen molar-refractivity contribution in [1.29, 1.82) is 0 Å². The van der Waals surface area contributed by atoms with Gasteiger partial charge in [0.1, 0.15) is 11.6 Å². The van der Waals surface area contributed by atoms with Crippen LogP contribution in [0.3, 0.4) is 0 Å². The van der Waals surface area contributed by atoms with Crippen molar-refractivity contribution in [2.24, 2.45) is 0 Å². The van der Waals surface area contributed by atoms with Crippen molar-refractivity contribution in [3.8, 4) is 5.75 Å². The maximum Gasteiger partial charge on any atom is 0.258 e. The van der Waals surface area contributed by atoms with E-state index in [1.165, 1.54) is 11.1 Å². The number of amides is 1. The average Bonchev–Trinajstić information content (AvgIpc) is 3.01. The molecule has 1 aliphatic carbocycles. The molecular weight excluding hydrogens is 206 g/mol. The van der Waals surface area contributed by atoms with Gasteiger partial charge in [-0.05, 0) is 12.8 Å². The Kier molecular flexibility index (Phi) is 2.68. The van der Waals surface area contributed by atoms with Gasteiger partial charge in [0.15, 0.2) is 0 Å². The number of hydrogen-bond acceptors (Lipinski definition) is 4. The van der Waals surface area contributed by atoms with Crippen molar-refractivity contribution in [1.82, 2.24) is 9.88 Å². The van der Waals surface area contributed by atoms with Gasteiger partial charge in [0.2, 0.25) is 0 Å². The third-order valence-electron chi connectivity index (χ3n) is 2.34. The fourth-order valence-electron chi connectivity index (χ4n) is 1.32. The molecule has 0 atom stereocenters. The summed E-state index contributed by atoms with van der Waals surface area (Å²) in [6, 6.07) is 1.61. The summed E-state index contributed by atoms with van der Waals surface area (Å²) in [5.74, 6) is 0.780. The second kappa shape index (κ2) is 4.00. The van der Waals surface area contributed by atoms with Crippen LogP contribution in [0.25, 0.3) is 0 Å². The Morgan fingerprint density at radius 1 is 1.56 bits per heavy atom. The molecule has 0 radical (unpaired) electrons. The number of ether oxygens (including phenoxy) is 1. The lowest BCUT2D eigenvalue weighted by atomic mass is 10.2. The van der Waals surface area contributed by atoms with E-state index in [4.69, 9.17) is 10.5 Å². The van der Waals surface area contributed by atoms with E-state index in [-0.39, 0.29) is 12.0 Å². The van der Waals surface area contributed by atoms with E-state index in [0.717, 1.165) is 12.8 Å². The van der Waals surface area contributed by atoms with Gasteiger partial charge in [0, 0.05) is 26.4 Å². The van der Waals surface area contributed by atoms with E-state index in [1.54, 1.807) is 20.2 Å². The van der Waals surface area contributed by atoms with Crippen LogP contribution in [0.1, 0.15) is 23.2 Å². The minimum Gasteiger partial charge on any atom is -0.489 e. The molecule has 1 aromatic heterocycles. The summed E-state index contributed by atoms with van der Waals surface area (Å²) in [6.45, 7) is 0. The zero-order chi connectivity index (χ0) is 11.7. The highest BCUT2D eigenvalue weighted by atomic mass is 16.5. The molecule has 1 amide bonds. The third kappa shape index (κ3) is 2.24. The highest BCUT2D eigenvalue weighted by molar-refractivity contribution is 5.96. The maximum absolute atomic E-state index is 11.8. The second-order valence-electron chi connectivity index (χ2n) is 4.12. The van der Waals surface area contributed by atoms with Crippen LogP contribution in [0, 0.1) is 0 Å². The Hall–Kier alpha value is -1.78. The highest BCUT2D eigenvalue weighted by Gasteiger charge is 2.26. The van der Waals surface area contributed by atoms with E-state index in [0.29, 0.717) is 17.1 Å². The number of nitrogen functional groups attached to an aromatic ring is 1. The first kappa shape index (κ1) is 10.7. The molecule has 1 saturated carbocycles. The predicted octanol–water partition coefficient (Wildman–Crippen LogP) is 0.907. The van der Waals surface area contributed by atoms with Crippen LogP contribution >= 0.6 is 0 Å². The second-order valence-corrected chi connectivity index (χ2v) is 4.12. The Morgan fingerprint density at radius 2 is 2.25 bits per heavy atom. The summed E-state index contributed by atoms with van der Waals surface area (Å²) in [4.78, 5) is 17.3. The van der Waals surface area contributed by atoms with Crippen molar-refractivity contribution in [3.05, 3.63) is 17.8 Å². The van der Waals surface area contributed by atoms with E-state index in [9.17, 15) is 4.79 Å². The van der Waals surface area contributed by atoms with Gasteiger partial charge >= 0.3 is 0 Å². The van der Waals surface area contributed by atoms with Gasteiger partial charge in [-0.25, -0.2) is 4.98 Å². The monoisotopic (exact) mass is 221 g/mol. The number of carbonyl (C=O) groups is 1. The van der Waals surface area contributed by atoms with Gasteiger partial charge in [0.05, 0.1) is 11.7 Å². The molecule has 1 aliphatic rings. The van der Waals surface area contributed by atoms with Crippen LogP contribution in [0.2, 0.25) is 0 Å². The van der Waals surface area contributed by atoms with Gasteiger partial charge in [0.25, 0.3) is 5.91 Å². The highest BCUT2D eigenvalue weighted by Crippen LogP contribution is 2.30. The standard InChI is InChI=1S/C11H15N3O2/c1-14(2)11(15)8-6-13-10(12)5-9(8)16-7-3-4-7/h5-7H,3-4H2,1-2H3,(H2,12,13). The molecule has 5 heteroatoms. The molecule has 5 nitrogen and oxygen atoms in total. The first-order chi connectivity index (χ1) is 7.58. The molecule has 0 aromatic carbocycles. The van der Waals surface area contributed by atoms with Gasteiger partial charge < -0.3 is 15.4 Å². The summed E-state index contributed by atoms with van der Waals surface area (Å²) in [5.41, 5.74) is 6.05. The van der Waals surface area contributed by atoms with Crippen LogP contribution in [0.5, 0.6) is 5.75 Å². The molecule has 0 spiro atoms. The molecule has 2 rings (SSSR count). The van der Waals surface area contributed by atoms with Crippen LogP contribution < -0.4 is 10.5 Å². The quantitative estimate of drug-likeness (QED) is 0.823. The third-order valence-corrected chi connectivity index (χ3v) is 2.34. The molecule has 1 heterocycles. The molecule has 0 saturated heterocycles. The van der Waals surface area contributed by atoms with Crippen molar-refractivity contribution in [2.75, 3.05) is 19.8 Å². The van der Waals surface area contributed by atoms with Gasteiger partial charge in [-0.3, -0.25) is 4.79 Å². The Bertz CT molecular complexity index is 414. The number of carbonyl (C=O) groups excluding carboxylic acids is 1. The largest absolute Gasteiger partial charge is 0.489 e. The van der Waals surface area contributed by atoms with E-state index >= 15 is 0 Å². The summed E-state index contributed by atoms with van der Waals surface area (Å²) in [7, 11) is 3.39. The smallest absolute Gasteiger partial charge is 0.258 e. The number of aromatic nitrogens is 1. The normalized spacial score (nSPS) is 14.6. The molecule has 0 aliphatic heterocycles.